The van der Waals surface area contributed by atoms with Gasteiger partial charge in [0.05, 0.1) is 20.8 Å². The van der Waals surface area contributed by atoms with Gasteiger partial charge in [-0.1, -0.05) is 30.3 Å². The Balaban J connectivity index is 2.40. The van der Waals surface area contributed by atoms with Gasteiger partial charge < -0.3 is 0 Å². The fourth-order valence-corrected chi connectivity index (χ4v) is 2.73. The Labute approximate surface area is 151 Å². The summed E-state index contributed by atoms with van der Waals surface area (Å²) in [4.78, 5) is 16.8. The zero-order chi connectivity index (χ0) is 17.1. The van der Waals surface area contributed by atoms with Crippen molar-refractivity contribution in [2.24, 2.45) is 4.99 Å². The Morgan fingerprint density at radius 1 is 1.39 bits per heavy atom. The summed E-state index contributed by atoms with van der Waals surface area (Å²) in [5, 5.41) is 0. The first-order valence-corrected chi connectivity index (χ1v) is 8.91. The minimum Gasteiger partial charge on any atom is -0.293 e. The molecule has 0 spiro atoms. The Bertz CT molecular complexity index is 664. The van der Waals surface area contributed by atoms with Gasteiger partial charge >= 0.3 is 0 Å². The number of carbonyl (C=O) groups excluding carboxylic acids is 1. The van der Waals surface area contributed by atoms with Gasteiger partial charge in [-0.05, 0) is 44.1 Å². The highest BCUT2D eigenvalue weighted by molar-refractivity contribution is 7.18. The van der Waals surface area contributed by atoms with Crippen molar-refractivity contribution in [3.63, 3.8) is 0 Å². The highest BCUT2D eigenvalue weighted by atomic mass is 35.5. The number of Topliss-reactive ketones (excluding diaryl/α,β-unsaturated/α-hetero) is 1. The molecular formula is C18H19Cl2NOS. The second-order valence-electron chi connectivity index (χ2n) is 4.67. The third-order valence-corrected chi connectivity index (χ3v) is 4.32. The summed E-state index contributed by atoms with van der Waals surface area (Å²) in [5.74, 6) is 0.405. The van der Waals surface area contributed by atoms with E-state index in [-0.39, 0.29) is 5.78 Å². The Morgan fingerprint density at radius 3 is 2.78 bits per heavy atom. The number of aliphatic imine (C=N–C) groups is 1. The fourth-order valence-electron chi connectivity index (χ4n) is 1.60. The highest BCUT2D eigenvalue weighted by Gasteiger charge is 2.06. The number of unbranched alkanes of at least 4 members (excludes halogenated alkanes) is 1. The molecule has 5 heteroatoms. The van der Waals surface area contributed by atoms with Crippen LogP contribution in [0, 0.1) is 0 Å². The average Bonchev–Trinajstić information content (AvgIpc) is 2.98. The topological polar surface area (TPSA) is 29.4 Å². The smallest absolute Gasteiger partial charge is 0.176 e. The van der Waals surface area contributed by atoms with Crippen LogP contribution in [0.3, 0.4) is 0 Å². The summed E-state index contributed by atoms with van der Waals surface area (Å²) in [5.41, 5.74) is 4.58. The van der Waals surface area contributed by atoms with Crippen LogP contribution in [0.15, 0.2) is 59.4 Å². The van der Waals surface area contributed by atoms with E-state index in [2.05, 4.69) is 17.3 Å². The minimum absolute atomic E-state index is 0.0900. The predicted molar refractivity (Wildman–Crippen MR) is 102 cm³/mol. The molecule has 1 heterocycles. The largest absolute Gasteiger partial charge is 0.293 e. The third-order valence-electron chi connectivity index (χ3n) is 2.80. The molecular weight excluding hydrogens is 349 g/mol. The van der Waals surface area contributed by atoms with Crippen LogP contribution in [-0.2, 0) is 0 Å². The van der Waals surface area contributed by atoms with Crippen molar-refractivity contribution in [1.29, 1.82) is 0 Å². The van der Waals surface area contributed by atoms with Crippen molar-refractivity contribution in [1.82, 2.24) is 0 Å². The van der Waals surface area contributed by atoms with Crippen LogP contribution < -0.4 is 0 Å². The van der Waals surface area contributed by atoms with Crippen LogP contribution in [0.25, 0.3) is 0 Å². The van der Waals surface area contributed by atoms with Gasteiger partial charge in [0, 0.05) is 12.1 Å². The number of rotatable bonds is 9. The molecule has 1 rings (SSSR count). The van der Waals surface area contributed by atoms with Crippen LogP contribution >= 0.6 is 34.5 Å². The number of nitrogens with zero attached hydrogens (tertiary/aromatic N) is 1. The van der Waals surface area contributed by atoms with Crippen molar-refractivity contribution in [2.75, 3.05) is 5.88 Å². The number of allylic oxidation sites excluding steroid dienone is 4. The number of halogens is 2. The van der Waals surface area contributed by atoms with Gasteiger partial charge in [-0.25, -0.2) is 4.99 Å². The van der Waals surface area contributed by atoms with Gasteiger partial charge in [0.2, 0.25) is 0 Å². The van der Waals surface area contributed by atoms with Gasteiger partial charge in [0.25, 0.3) is 0 Å². The molecule has 0 saturated heterocycles. The van der Waals surface area contributed by atoms with E-state index >= 15 is 0 Å². The average molecular weight is 368 g/mol. The number of alkyl halides is 1. The Hall–Kier alpha value is -1.38. The molecule has 23 heavy (non-hydrogen) atoms. The molecule has 0 amide bonds. The van der Waals surface area contributed by atoms with Crippen LogP contribution in [0.2, 0.25) is 4.34 Å². The molecule has 0 aliphatic heterocycles. The molecule has 2 nitrogen and oxygen atoms in total. The normalized spacial score (nSPS) is 11.3. The standard InChI is InChI=1S/C18H19Cl2NOS/c1-3-14(2)21-15(13-19)9-7-5-4-6-8-10-16(22)17-11-12-18(20)23-17/h3,6-8,11-12H,1,4-5,10,13H2,2H3/b8-6+,21-14+. The van der Waals surface area contributed by atoms with Crippen LogP contribution in [0.5, 0.6) is 0 Å². The summed E-state index contributed by atoms with van der Waals surface area (Å²) < 4.78 is 0.638. The summed E-state index contributed by atoms with van der Waals surface area (Å²) in [6, 6.07) is 3.50. The molecule has 0 saturated carbocycles. The van der Waals surface area contributed by atoms with E-state index < -0.39 is 0 Å². The molecule has 1 aromatic heterocycles. The molecule has 0 atom stereocenters. The van der Waals surface area contributed by atoms with Crippen molar-refractivity contribution in [3.8, 4) is 0 Å². The molecule has 0 bridgehead atoms. The van der Waals surface area contributed by atoms with Gasteiger partial charge in [0.1, 0.15) is 0 Å². The molecule has 0 radical (unpaired) electrons. The van der Waals surface area contributed by atoms with Crippen LogP contribution in [0.4, 0.5) is 0 Å². The maximum Gasteiger partial charge on any atom is 0.176 e. The third kappa shape index (κ3) is 8.15. The number of hydrogen-bond acceptors (Lipinski definition) is 3. The van der Waals surface area contributed by atoms with Gasteiger partial charge in [0.15, 0.2) is 5.78 Å². The fraction of sp³-hybridized carbons (Fsp3) is 0.278. The van der Waals surface area contributed by atoms with Crippen molar-refractivity contribution in [3.05, 3.63) is 63.7 Å². The maximum absolute atomic E-state index is 11.8. The van der Waals surface area contributed by atoms with E-state index in [1.54, 1.807) is 18.2 Å². The molecule has 0 aromatic carbocycles. The first-order chi connectivity index (χ1) is 11.1. The molecule has 0 aliphatic carbocycles. The van der Waals surface area contributed by atoms with Crippen LogP contribution in [-0.4, -0.2) is 17.4 Å². The van der Waals surface area contributed by atoms with E-state index in [4.69, 9.17) is 23.2 Å². The highest BCUT2D eigenvalue weighted by Crippen LogP contribution is 2.22. The maximum atomic E-state index is 11.8. The number of hydrogen-bond donors (Lipinski definition) is 0. The van der Waals surface area contributed by atoms with E-state index in [1.807, 2.05) is 25.2 Å². The molecule has 0 fully saturated rings. The molecule has 0 unspecified atom stereocenters. The lowest BCUT2D eigenvalue weighted by atomic mass is 10.2. The zero-order valence-electron chi connectivity index (χ0n) is 13.0. The Morgan fingerprint density at radius 2 is 2.17 bits per heavy atom. The number of carbonyl (C=O) groups is 1. The SMILES string of the molecule is C=C/C(C)=N/C(=C=CCC/C=C/CC(=O)c1ccc(Cl)s1)CCl. The predicted octanol–water partition coefficient (Wildman–Crippen LogP) is 6.24. The van der Waals surface area contributed by atoms with Crippen molar-refractivity contribution in [2.45, 2.75) is 26.2 Å². The summed E-state index contributed by atoms with van der Waals surface area (Å²) in [6.45, 7) is 5.51. The van der Waals surface area contributed by atoms with Crippen LogP contribution in [0.1, 0.15) is 35.9 Å². The molecule has 1 aromatic rings. The quantitative estimate of drug-likeness (QED) is 0.127. The number of thiophene rings is 1. The molecule has 0 aliphatic rings. The van der Waals surface area contributed by atoms with Gasteiger partial charge in [-0.2, -0.15) is 0 Å². The minimum atomic E-state index is 0.0900. The van der Waals surface area contributed by atoms with E-state index in [0.29, 0.717) is 27.2 Å². The lowest BCUT2D eigenvalue weighted by Crippen LogP contribution is -1.92. The summed E-state index contributed by atoms with van der Waals surface area (Å²) in [6.07, 6.45) is 9.51. The molecule has 0 N–H and O–H groups in total. The van der Waals surface area contributed by atoms with Crippen molar-refractivity contribution >= 4 is 46.0 Å². The monoisotopic (exact) mass is 367 g/mol. The first-order valence-electron chi connectivity index (χ1n) is 7.18. The second kappa shape index (κ2) is 11.2. The van der Waals surface area contributed by atoms with E-state index in [1.165, 1.54) is 11.3 Å². The zero-order valence-corrected chi connectivity index (χ0v) is 15.3. The summed E-state index contributed by atoms with van der Waals surface area (Å²) in [7, 11) is 0. The summed E-state index contributed by atoms with van der Waals surface area (Å²) >= 11 is 12.9. The first kappa shape index (κ1) is 19.7. The van der Waals surface area contributed by atoms with Crippen molar-refractivity contribution < 1.29 is 4.79 Å². The van der Waals surface area contributed by atoms with Gasteiger partial charge in [-0.15, -0.1) is 28.7 Å². The lowest BCUT2D eigenvalue weighted by molar-refractivity contribution is 0.0999. The second-order valence-corrected chi connectivity index (χ2v) is 6.65. The van der Waals surface area contributed by atoms with E-state index in [9.17, 15) is 4.79 Å². The lowest BCUT2D eigenvalue weighted by Gasteiger charge is -1.93. The number of ketones is 1. The Kier molecular flexibility index (Phi) is 9.58. The van der Waals surface area contributed by atoms with E-state index in [0.717, 1.165) is 18.6 Å². The molecule has 122 valence electrons. The van der Waals surface area contributed by atoms with Gasteiger partial charge in [-0.3, -0.25) is 4.79 Å².